The van der Waals surface area contributed by atoms with Gasteiger partial charge in [0.2, 0.25) is 0 Å². The molecule has 1 atom stereocenters. The standard InChI is InChI=1S/C12H24N2S/c1-11(2)10(12(11,3)4)14-7-9-8-15-6-5-13-9/h9-10,13-14H,5-8H2,1-4H3. The van der Waals surface area contributed by atoms with Gasteiger partial charge in [0.25, 0.3) is 0 Å². The van der Waals surface area contributed by atoms with Crippen molar-refractivity contribution in [2.75, 3.05) is 24.6 Å². The van der Waals surface area contributed by atoms with E-state index in [1.807, 2.05) is 0 Å². The highest BCUT2D eigenvalue weighted by Gasteiger charge is 2.64. The lowest BCUT2D eigenvalue weighted by molar-refractivity contribution is 0.457. The molecule has 2 nitrogen and oxygen atoms in total. The van der Waals surface area contributed by atoms with E-state index in [4.69, 9.17) is 0 Å². The summed E-state index contributed by atoms with van der Waals surface area (Å²) < 4.78 is 0. The third-order valence-electron chi connectivity index (χ3n) is 4.59. The number of hydrogen-bond donors (Lipinski definition) is 2. The first kappa shape index (κ1) is 11.7. The van der Waals surface area contributed by atoms with E-state index in [1.54, 1.807) is 0 Å². The lowest BCUT2D eigenvalue weighted by atomic mass is 10.0. The number of nitrogens with one attached hydrogen (secondary N) is 2. The van der Waals surface area contributed by atoms with Crippen LogP contribution in [0.4, 0.5) is 0 Å². The minimum atomic E-state index is 0.467. The van der Waals surface area contributed by atoms with Gasteiger partial charge in [-0.1, -0.05) is 27.7 Å². The Morgan fingerprint density at radius 1 is 1.27 bits per heavy atom. The second-order valence-electron chi connectivity index (χ2n) is 6.01. The van der Waals surface area contributed by atoms with E-state index in [0.717, 1.165) is 6.54 Å². The summed E-state index contributed by atoms with van der Waals surface area (Å²) >= 11 is 2.07. The van der Waals surface area contributed by atoms with E-state index in [2.05, 4.69) is 50.1 Å². The molecule has 2 rings (SSSR count). The molecule has 0 spiro atoms. The zero-order valence-electron chi connectivity index (χ0n) is 10.4. The van der Waals surface area contributed by atoms with Crippen LogP contribution in [0.2, 0.25) is 0 Å². The lowest BCUT2D eigenvalue weighted by Gasteiger charge is -2.23. The van der Waals surface area contributed by atoms with E-state index in [1.165, 1.54) is 18.1 Å². The Labute approximate surface area is 98.0 Å². The van der Waals surface area contributed by atoms with Crippen LogP contribution in [0.3, 0.4) is 0 Å². The molecule has 1 saturated carbocycles. The number of thioether (sulfide) groups is 1. The van der Waals surface area contributed by atoms with Crippen LogP contribution in [0.1, 0.15) is 27.7 Å². The zero-order chi connectivity index (χ0) is 11.1. The fourth-order valence-corrected chi connectivity index (χ4v) is 3.67. The molecule has 3 heteroatoms. The van der Waals surface area contributed by atoms with Gasteiger partial charge in [-0.15, -0.1) is 0 Å². The Bertz CT molecular complexity index is 218. The molecule has 0 bridgehead atoms. The van der Waals surface area contributed by atoms with Crippen LogP contribution in [0.25, 0.3) is 0 Å². The Morgan fingerprint density at radius 2 is 1.93 bits per heavy atom. The fourth-order valence-electron chi connectivity index (χ4n) is 2.72. The normalized spacial score (nSPS) is 34.0. The third-order valence-corrected chi connectivity index (χ3v) is 5.72. The van der Waals surface area contributed by atoms with Crippen molar-refractivity contribution in [2.24, 2.45) is 10.8 Å². The van der Waals surface area contributed by atoms with Crippen molar-refractivity contribution in [3.8, 4) is 0 Å². The second-order valence-corrected chi connectivity index (χ2v) is 7.16. The highest BCUT2D eigenvalue weighted by molar-refractivity contribution is 7.99. The predicted molar refractivity (Wildman–Crippen MR) is 68.5 cm³/mol. The average Bonchev–Trinajstić information content (AvgIpc) is 2.57. The van der Waals surface area contributed by atoms with Gasteiger partial charge in [0.05, 0.1) is 0 Å². The van der Waals surface area contributed by atoms with Gasteiger partial charge in [0.15, 0.2) is 0 Å². The molecule has 15 heavy (non-hydrogen) atoms. The summed E-state index contributed by atoms with van der Waals surface area (Å²) in [7, 11) is 0. The van der Waals surface area contributed by atoms with Crippen molar-refractivity contribution in [3.63, 3.8) is 0 Å². The largest absolute Gasteiger partial charge is 0.311 e. The molecule has 2 N–H and O–H groups in total. The van der Waals surface area contributed by atoms with Crippen LogP contribution in [-0.4, -0.2) is 36.7 Å². The quantitative estimate of drug-likeness (QED) is 0.769. The Kier molecular flexibility index (Phi) is 3.08. The van der Waals surface area contributed by atoms with E-state index in [-0.39, 0.29) is 0 Å². The van der Waals surface area contributed by atoms with E-state index in [9.17, 15) is 0 Å². The molecule has 1 heterocycles. The topological polar surface area (TPSA) is 24.1 Å². The molecule has 2 fully saturated rings. The zero-order valence-corrected chi connectivity index (χ0v) is 11.2. The van der Waals surface area contributed by atoms with Gasteiger partial charge in [-0.3, -0.25) is 0 Å². The van der Waals surface area contributed by atoms with Crippen molar-refractivity contribution in [2.45, 2.75) is 39.8 Å². The van der Waals surface area contributed by atoms with Gasteiger partial charge in [-0.25, -0.2) is 0 Å². The second kappa shape index (κ2) is 3.94. The highest BCUT2D eigenvalue weighted by Crippen LogP contribution is 2.62. The Balaban J connectivity index is 1.75. The predicted octanol–water partition coefficient (Wildman–Crippen LogP) is 1.72. The first-order chi connectivity index (χ1) is 6.96. The molecule has 88 valence electrons. The van der Waals surface area contributed by atoms with Gasteiger partial charge in [-0.05, 0) is 10.8 Å². The van der Waals surface area contributed by atoms with E-state index >= 15 is 0 Å². The maximum atomic E-state index is 3.73. The third kappa shape index (κ3) is 2.06. The monoisotopic (exact) mass is 228 g/mol. The lowest BCUT2D eigenvalue weighted by Crippen LogP contribution is -2.45. The smallest absolute Gasteiger partial charge is 0.0283 e. The molecule has 0 radical (unpaired) electrons. The van der Waals surface area contributed by atoms with Crippen LogP contribution >= 0.6 is 11.8 Å². The summed E-state index contributed by atoms with van der Waals surface area (Å²) in [5, 5.41) is 7.30. The molecule has 2 aliphatic rings. The molecule has 0 aromatic heterocycles. The van der Waals surface area contributed by atoms with Crippen LogP contribution in [0, 0.1) is 10.8 Å². The molecule has 0 amide bonds. The average molecular weight is 228 g/mol. The maximum absolute atomic E-state index is 3.73. The minimum absolute atomic E-state index is 0.467. The summed E-state index contributed by atoms with van der Waals surface area (Å²) in [6.45, 7) is 11.8. The summed E-state index contributed by atoms with van der Waals surface area (Å²) in [4.78, 5) is 0. The summed E-state index contributed by atoms with van der Waals surface area (Å²) in [6, 6.07) is 1.37. The van der Waals surface area contributed by atoms with Crippen LogP contribution in [-0.2, 0) is 0 Å². The van der Waals surface area contributed by atoms with Gasteiger partial charge in [0.1, 0.15) is 0 Å². The van der Waals surface area contributed by atoms with Gasteiger partial charge in [0, 0.05) is 36.7 Å². The summed E-state index contributed by atoms with van der Waals surface area (Å²) in [6.07, 6.45) is 0. The van der Waals surface area contributed by atoms with Gasteiger partial charge >= 0.3 is 0 Å². The Morgan fingerprint density at radius 3 is 2.40 bits per heavy atom. The molecule has 1 aliphatic carbocycles. The maximum Gasteiger partial charge on any atom is 0.0283 e. The minimum Gasteiger partial charge on any atom is -0.311 e. The fraction of sp³-hybridized carbons (Fsp3) is 1.00. The molecule has 1 saturated heterocycles. The van der Waals surface area contributed by atoms with Gasteiger partial charge < -0.3 is 10.6 Å². The number of rotatable bonds is 3. The molecule has 1 aliphatic heterocycles. The van der Waals surface area contributed by atoms with Crippen LogP contribution in [0.5, 0.6) is 0 Å². The first-order valence-corrected chi connectivity index (χ1v) is 7.16. The first-order valence-electron chi connectivity index (χ1n) is 6.01. The molecule has 0 aromatic rings. The molecular formula is C12H24N2S. The molecule has 1 unspecified atom stereocenters. The van der Waals surface area contributed by atoms with Crippen molar-refractivity contribution in [1.29, 1.82) is 0 Å². The molecule has 0 aromatic carbocycles. The molecular weight excluding hydrogens is 204 g/mol. The summed E-state index contributed by atoms with van der Waals surface area (Å²) in [5.74, 6) is 2.54. The Hall–Kier alpha value is 0.270. The van der Waals surface area contributed by atoms with Crippen molar-refractivity contribution >= 4 is 11.8 Å². The van der Waals surface area contributed by atoms with Crippen LogP contribution in [0.15, 0.2) is 0 Å². The van der Waals surface area contributed by atoms with Gasteiger partial charge in [-0.2, -0.15) is 11.8 Å². The summed E-state index contributed by atoms with van der Waals surface area (Å²) in [5.41, 5.74) is 0.934. The van der Waals surface area contributed by atoms with Crippen molar-refractivity contribution in [1.82, 2.24) is 10.6 Å². The number of hydrogen-bond acceptors (Lipinski definition) is 3. The van der Waals surface area contributed by atoms with Crippen molar-refractivity contribution in [3.05, 3.63) is 0 Å². The van der Waals surface area contributed by atoms with E-state index < -0.39 is 0 Å². The van der Waals surface area contributed by atoms with E-state index in [0.29, 0.717) is 22.9 Å². The van der Waals surface area contributed by atoms with Crippen LogP contribution < -0.4 is 10.6 Å². The SMILES string of the molecule is CC1(C)C(NCC2CSCCN2)C1(C)C. The highest BCUT2D eigenvalue weighted by atomic mass is 32.2. The van der Waals surface area contributed by atoms with Crippen molar-refractivity contribution < 1.29 is 0 Å².